The average Bonchev–Trinajstić information content (AvgIpc) is 2.87. The number of carbonyl (C=O) groups is 2. The van der Waals surface area contributed by atoms with Crippen LogP contribution in [0.1, 0.15) is 39.0 Å². The first-order chi connectivity index (χ1) is 8.97. The Bertz CT molecular complexity index is 372. The maximum Gasteiger partial charge on any atom is 0.323 e. The first-order valence-corrected chi connectivity index (χ1v) is 6.59. The van der Waals surface area contributed by atoms with Gasteiger partial charge in [0, 0.05) is 19.1 Å². The number of nitrogens with zero attached hydrogens (tertiary/aromatic N) is 3. The second-order valence-corrected chi connectivity index (χ2v) is 5.06. The molecule has 1 saturated carbocycles. The summed E-state index contributed by atoms with van der Waals surface area (Å²) in [4.78, 5) is 26.2. The number of carbonyl (C=O) groups excluding carboxylic acids is 1. The van der Waals surface area contributed by atoms with Crippen molar-refractivity contribution >= 4 is 12.0 Å². The standard InChI is InChI=1S/C13H21N3O3/c1-10(7-8-14)15(2)13(19)16(9-12(17)18)11-5-3-4-6-11/h10-11H,3-7,9H2,1-2H3,(H,17,18). The summed E-state index contributed by atoms with van der Waals surface area (Å²) in [6.07, 6.45) is 4.03. The van der Waals surface area contributed by atoms with E-state index in [-0.39, 0.29) is 31.1 Å². The molecule has 0 aromatic rings. The molecule has 0 heterocycles. The lowest BCUT2D eigenvalue weighted by atomic mass is 10.2. The van der Waals surface area contributed by atoms with E-state index in [0.717, 1.165) is 25.7 Å². The van der Waals surface area contributed by atoms with Gasteiger partial charge in [-0.05, 0) is 19.8 Å². The second-order valence-electron chi connectivity index (χ2n) is 5.06. The molecule has 19 heavy (non-hydrogen) atoms. The molecule has 0 aliphatic heterocycles. The summed E-state index contributed by atoms with van der Waals surface area (Å²) in [5.74, 6) is -0.999. The van der Waals surface area contributed by atoms with Crippen LogP contribution in [0.5, 0.6) is 0 Å². The number of carboxylic acid groups (broad SMARTS) is 1. The lowest BCUT2D eigenvalue weighted by molar-refractivity contribution is -0.138. The normalized spacial score (nSPS) is 16.7. The Balaban J connectivity index is 2.75. The predicted molar refractivity (Wildman–Crippen MR) is 69.4 cm³/mol. The highest BCUT2D eigenvalue weighted by Crippen LogP contribution is 2.24. The Morgan fingerprint density at radius 1 is 1.42 bits per heavy atom. The lowest BCUT2D eigenvalue weighted by Gasteiger charge is -2.33. The summed E-state index contributed by atoms with van der Waals surface area (Å²) in [6.45, 7) is 1.52. The number of urea groups is 1. The molecule has 2 amide bonds. The van der Waals surface area contributed by atoms with Gasteiger partial charge in [0.1, 0.15) is 6.54 Å². The second kappa shape index (κ2) is 6.98. The van der Waals surface area contributed by atoms with Gasteiger partial charge < -0.3 is 14.9 Å². The van der Waals surface area contributed by atoms with Crippen molar-refractivity contribution in [1.82, 2.24) is 9.80 Å². The van der Waals surface area contributed by atoms with Crippen molar-refractivity contribution in [3.63, 3.8) is 0 Å². The fourth-order valence-electron chi connectivity index (χ4n) is 2.37. The zero-order chi connectivity index (χ0) is 14.4. The summed E-state index contributed by atoms with van der Waals surface area (Å²) in [5.41, 5.74) is 0. The quantitative estimate of drug-likeness (QED) is 0.821. The van der Waals surface area contributed by atoms with E-state index in [4.69, 9.17) is 10.4 Å². The number of carboxylic acids is 1. The van der Waals surface area contributed by atoms with Gasteiger partial charge in [0.05, 0.1) is 12.5 Å². The summed E-state index contributed by atoms with van der Waals surface area (Å²) in [6, 6.07) is 1.53. The van der Waals surface area contributed by atoms with Gasteiger partial charge in [-0.25, -0.2) is 4.79 Å². The summed E-state index contributed by atoms with van der Waals surface area (Å²) in [5, 5.41) is 17.6. The van der Waals surface area contributed by atoms with Crippen molar-refractivity contribution in [2.75, 3.05) is 13.6 Å². The van der Waals surface area contributed by atoms with Crippen molar-refractivity contribution in [2.45, 2.75) is 51.1 Å². The molecule has 0 saturated heterocycles. The smallest absolute Gasteiger partial charge is 0.323 e. The Labute approximate surface area is 113 Å². The molecule has 1 unspecified atom stereocenters. The fourth-order valence-corrected chi connectivity index (χ4v) is 2.37. The molecular formula is C13H21N3O3. The van der Waals surface area contributed by atoms with Crippen molar-refractivity contribution in [1.29, 1.82) is 5.26 Å². The molecule has 1 aliphatic rings. The molecule has 0 bridgehead atoms. The third kappa shape index (κ3) is 4.12. The molecular weight excluding hydrogens is 246 g/mol. The molecule has 1 N–H and O–H groups in total. The molecule has 1 rings (SSSR count). The highest BCUT2D eigenvalue weighted by atomic mass is 16.4. The molecule has 0 aromatic heterocycles. The van der Waals surface area contributed by atoms with Gasteiger partial charge in [0.25, 0.3) is 0 Å². The third-order valence-corrected chi connectivity index (χ3v) is 3.67. The van der Waals surface area contributed by atoms with E-state index in [1.807, 2.05) is 6.07 Å². The van der Waals surface area contributed by atoms with Gasteiger partial charge >= 0.3 is 12.0 Å². The van der Waals surface area contributed by atoms with Crippen LogP contribution in [0, 0.1) is 11.3 Å². The minimum atomic E-state index is -0.999. The molecule has 6 nitrogen and oxygen atoms in total. The van der Waals surface area contributed by atoms with E-state index in [2.05, 4.69) is 0 Å². The molecule has 1 aliphatic carbocycles. The van der Waals surface area contributed by atoms with E-state index in [1.54, 1.807) is 14.0 Å². The Kier molecular flexibility index (Phi) is 5.61. The van der Waals surface area contributed by atoms with E-state index in [9.17, 15) is 9.59 Å². The summed E-state index contributed by atoms with van der Waals surface area (Å²) < 4.78 is 0. The van der Waals surface area contributed by atoms with Gasteiger partial charge in [-0.1, -0.05) is 12.8 Å². The van der Waals surface area contributed by atoms with Crippen LogP contribution < -0.4 is 0 Å². The van der Waals surface area contributed by atoms with Gasteiger partial charge in [0.2, 0.25) is 0 Å². The monoisotopic (exact) mass is 267 g/mol. The average molecular weight is 267 g/mol. The topological polar surface area (TPSA) is 84.6 Å². The highest BCUT2D eigenvalue weighted by Gasteiger charge is 2.31. The zero-order valence-corrected chi connectivity index (χ0v) is 11.5. The molecule has 1 atom stereocenters. The number of nitriles is 1. The van der Waals surface area contributed by atoms with E-state index < -0.39 is 5.97 Å². The molecule has 1 fully saturated rings. The van der Waals surface area contributed by atoms with Crippen LogP contribution in [-0.4, -0.2) is 52.6 Å². The Morgan fingerprint density at radius 2 is 2.00 bits per heavy atom. The van der Waals surface area contributed by atoms with Crippen molar-refractivity contribution in [3.05, 3.63) is 0 Å². The van der Waals surface area contributed by atoms with E-state index in [1.165, 1.54) is 9.80 Å². The first kappa shape index (κ1) is 15.3. The van der Waals surface area contributed by atoms with Crippen LogP contribution in [0.2, 0.25) is 0 Å². The summed E-state index contributed by atoms with van der Waals surface area (Å²) >= 11 is 0. The largest absolute Gasteiger partial charge is 0.480 e. The molecule has 6 heteroatoms. The van der Waals surface area contributed by atoms with Gasteiger partial charge in [-0.2, -0.15) is 5.26 Å². The number of hydrogen-bond acceptors (Lipinski definition) is 3. The molecule has 106 valence electrons. The van der Waals surface area contributed by atoms with Crippen LogP contribution in [0.3, 0.4) is 0 Å². The van der Waals surface area contributed by atoms with Gasteiger partial charge in [-0.15, -0.1) is 0 Å². The van der Waals surface area contributed by atoms with Crippen LogP contribution in [0.25, 0.3) is 0 Å². The fraction of sp³-hybridized carbons (Fsp3) is 0.769. The minimum Gasteiger partial charge on any atom is -0.480 e. The number of aliphatic carboxylic acids is 1. The van der Waals surface area contributed by atoms with Crippen LogP contribution >= 0.6 is 0 Å². The molecule has 0 radical (unpaired) electrons. The summed E-state index contributed by atoms with van der Waals surface area (Å²) in [7, 11) is 1.62. The Hall–Kier alpha value is -1.77. The lowest BCUT2D eigenvalue weighted by Crippen LogP contribution is -2.50. The van der Waals surface area contributed by atoms with Crippen LogP contribution in [0.4, 0.5) is 4.79 Å². The van der Waals surface area contributed by atoms with Crippen LogP contribution in [-0.2, 0) is 4.79 Å². The van der Waals surface area contributed by atoms with Crippen molar-refractivity contribution in [2.24, 2.45) is 0 Å². The zero-order valence-electron chi connectivity index (χ0n) is 11.5. The molecule has 0 spiro atoms. The number of hydrogen-bond donors (Lipinski definition) is 1. The van der Waals surface area contributed by atoms with Crippen molar-refractivity contribution < 1.29 is 14.7 Å². The van der Waals surface area contributed by atoms with Crippen LogP contribution in [0.15, 0.2) is 0 Å². The number of amides is 2. The molecule has 0 aromatic carbocycles. The maximum atomic E-state index is 12.4. The third-order valence-electron chi connectivity index (χ3n) is 3.67. The van der Waals surface area contributed by atoms with E-state index in [0.29, 0.717) is 0 Å². The van der Waals surface area contributed by atoms with Crippen molar-refractivity contribution in [3.8, 4) is 6.07 Å². The predicted octanol–water partition coefficient (Wildman–Crippen LogP) is 1.67. The first-order valence-electron chi connectivity index (χ1n) is 6.59. The highest BCUT2D eigenvalue weighted by molar-refractivity contribution is 5.80. The van der Waals surface area contributed by atoms with Gasteiger partial charge in [-0.3, -0.25) is 4.79 Å². The minimum absolute atomic E-state index is 0.0142. The SMILES string of the molecule is CC(CC#N)N(C)C(=O)N(CC(=O)O)C1CCCC1. The number of rotatable bonds is 5. The van der Waals surface area contributed by atoms with E-state index >= 15 is 0 Å². The Morgan fingerprint density at radius 3 is 2.47 bits per heavy atom. The maximum absolute atomic E-state index is 12.4. The van der Waals surface area contributed by atoms with Gasteiger partial charge in [0.15, 0.2) is 0 Å².